The van der Waals surface area contributed by atoms with Gasteiger partial charge in [-0.1, -0.05) is 0 Å². The Balaban J connectivity index is -0.0000000600. The second-order valence-electron chi connectivity index (χ2n) is 2.93. The Morgan fingerprint density at radius 1 is 1.10 bits per heavy atom. The van der Waals surface area contributed by atoms with Crippen LogP contribution in [0.3, 0.4) is 0 Å². The Hall–Kier alpha value is -0.345. The van der Waals surface area contributed by atoms with Gasteiger partial charge in [0.05, 0.1) is 0 Å². The molecule has 0 saturated carbocycles. The summed E-state index contributed by atoms with van der Waals surface area (Å²) in [5.74, 6) is 0. The topological polar surface area (TPSA) is 17.1 Å². The predicted molar refractivity (Wildman–Crippen MR) is 38.2 cm³/mol. The van der Waals surface area contributed by atoms with Gasteiger partial charge in [-0.3, -0.25) is 14.1 Å². The van der Waals surface area contributed by atoms with Crippen molar-refractivity contribution in [1.29, 1.82) is 0 Å². The third-order valence-corrected chi connectivity index (χ3v) is 0.696. The summed E-state index contributed by atoms with van der Waals surface area (Å²) in [4.78, 5) is 0. The Labute approximate surface area is 59.5 Å². The van der Waals surface area contributed by atoms with E-state index in [0.29, 0.717) is 6.32 Å². The minimum absolute atomic E-state index is 0. The molecule has 64 valence electrons. The van der Waals surface area contributed by atoms with Gasteiger partial charge in [0.15, 0.2) is 0 Å². The van der Waals surface area contributed by atoms with Crippen molar-refractivity contribution in [3.05, 3.63) is 0 Å². The quantitative estimate of drug-likeness (QED) is 0.533. The fraction of sp³-hybridized carbons (Fsp3) is 1.00. The van der Waals surface area contributed by atoms with Gasteiger partial charge in [-0.15, -0.1) is 0 Å². The molecule has 0 aromatic heterocycles. The zero-order valence-electron chi connectivity index (χ0n) is 6.42. The van der Waals surface area contributed by atoms with E-state index >= 15 is 0 Å². The van der Waals surface area contributed by atoms with E-state index in [-0.39, 0.29) is 19.5 Å². The maximum Gasteiger partial charge on any atom is -0.269 e. The van der Waals surface area contributed by atoms with Gasteiger partial charge in [0.25, 0.3) is 0 Å². The zero-order chi connectivity index (χ0) is 5.91. The minimum Gasteiger partial charge on any atom is -0.269 e. The molecule has 0 aliphatic carbocycles. The molecule has 0 bridgehead atoms. The standard InChI is InChI=1S/C5H11BO.3FH/c1-5(2,3)4-6-7;;;/h4H2,1-3H3;3*1H. The zero-order valence-corrected chi connectivity index (χ0v) is 6.42. The molecule has 0 fully saturated rings. The van der Waals surface area contributed by atoms with Gasteiger partial charge in [0.1, 0.15) is 0 Å². The summed E-state index contributed by atoms with van der Waals surface area (Å²) in [6, 6.07) is 0. The van der Waals surface area contributed by atoms with Gasteiger partial charge in [0, 0.05) is 0 Å². The van der Waals surface area contributed by atoms with Crippen LogP contribution in [0.5, 0.6) is 0 Å². The van der Waals surface area contributed by atoms with Crippen LogP contribution in [-0.2, 0) is 4.70 Å². The molecular formula is C5H14BF3O. The molecule has 5 heteroatoms. The molecule has 0 N–H and O–H groups in total. The second-order valence-corrected chi connectivity index (χ2v) is 2.93. The van der Waals surface area contributed by atoms with E-state index in [4.69, 9.17) is 0 Å². The second kappa shape index (κ2) is 8.65. The first-order valence-electron chi connectivity index (χ1n) is 2.50. The molecule has 0 heterocycles. The number of rotatable bonds is 1. The Kier molecular flexibility index (Phi) is 19.6. The van der Waals surface area contributed by atoms with E-state index in [1.165, 1.54) is 0 Å². The Morgan fingerprint density at radius 2 is 1.40 bits per heavy atom. The van der Waals surface area contributed by atoms with Gasteiger partial charge in [-0.05, 0) is 0 Å². The van der Waals surface area contributed by atoms with Crippen LogP contribution < -0.4 is 0 Å². The molecule has 0 radical (unpaired) electrons. The fourth-order valence-electron chi connectivity index (χ4n) is 0.250. The summed E-state index contributed by atoms with van der Waals surface area (Å²) in [6.45, 7) is 6.13. The average Bonchev–Trinajstić information content (AvgIpc) is 1.30. The van der Waals surface area contributed by atoms with Gasteiger partial charge >= 0.3 is 44.4 Å². The van der Waals surface area contributed by atoms with Gasteiger partial charge < -0.3 is 0 Å². The first-order valence-corrected chi connectivity index (χ1v) is 2.50. The molecule has 0 amide bonds. The molecule has 0 aromatic rings. The van der Waals surface area contributed by atoms with E-state index < -0.39 is 0 Å². The van der Waals surface area contributed by atoms with Crippen LogP contribution in [-0.4, -0.2) is 7.15 Å². The molecule has 0 rings (SSSR count). The molecule has 10 heavy (non-hydrogen) atoms. The van der Waals surface area contributed by atoms with Crippen molar-refractivity contribution in [2.75, 3.05) is 0 Å². The number of hydrogen-bond donors (Lipinski definition) is 0. The third kappa shape index (κ3) is 25.4. The molecule has 0 spiro atoms. The van der Waals surface area contributed by atoms with Crippen molar-refractivity contribution in [2.24, 2.45) is 5.41 Å². The fourth-order valence-corrected chi connectivity index (χ4v) is 0.250. The van der Waals surface area contributed by atoms with Crippen LogP contribution in [0.2, 0.25) is 6.32 Å². The minimum atomic E-state index is 0. The van der Waals surface area contributed by atoms with Crippen LogP contribution in [0.15, 0.2) is 0 Å². The summed E-state index contributed by atoms with van der Waals surface area (Å²) in [7, 11) is 0.958. The van der Waals surface area contributed by atoms with Gasteiger partial charge in [-0.2, -0.15) is 0 Å². The molecule has 0 unspecified atom stereocenters. The summed E-state index contributed by atoms with van der Waals surface area (Å²) in [5.41, 5.74) is 0.182. The van der Waals surface area contributed by atoms with Crippen LogP contribution in [0.1, 0.15) is 20.8 Å². The van der Waals surface area contributed by atoms with Crippen molar-refractivity contribution >= 4 is 7.15 Å². The normalized spacial score (nSPS) is 7.50. The Morgan fingerprint density at radius 3 is 1.40 bits per heavy atom. The van der Waals surface area contributed by atoms with Crippen molar-refractivity contribution in [2.45, 2.75) is 27.1 Å². The molecule has 1 nitrogen and oxygen atoms in total. The first-order chi connectivity index (χ1) is 3.06. The average molecular weight is 158 g/mol. The maximum absolute atomic E-state index is 9.82. The van der Waals surface area contributed by atoms with Gasteiger partial charge in [-0.25, -0.2) is 0 Å². The number of hydrogen-bond acceptors (Lipinski definition) is 1. The van der Waals surface area contributed by atoms with Crippen molar-refractivity contribution < 1.29 is 18.8 Å². The van der Waals surface area contributed by atoms with E-state index in [0.717, 1.165) is 7.15 Å². The summed E-state index contributed by atoms with van der Waals surface area (Å²) in [6.07, 6.45) is 0.660. The summed E-state index contributed by atoms with van der Waals surface area (Å²) < 4.78 is 9.82. The molecule has 0 atom stereocenters. The Bertz CT molecular complexity index is 71.8. The molecule has 0 aliphatic heterocycles. The van der Waals surface area contributed by atoms with E-state index in [1.54, 1.807) is 0 Å². The van der Waals surface area contributed by atoms with Crippen molar-refractivity contribution in [3.63, 3.8) is 0 Å². The third-order valence-electron chi connectivity index (χ3n) is 0.696. The molecule has 0 aromatic carbocycles. The van der Waals surface area contributed by atoms with Crippen LogP contribution in [0.25, 0.3) is 0 Å². The molecular weight excluding hydrogens is 144 g/mol. The van der Waals surface area contributed by atoms with Crippen LogP contribution >= 0.6 is 0 Å². The summed E-state index contributed by atoms with van der Waals surface area (Å²) >= 11 is 0. The molecule has 0 saturated heterocycles. The molecule has 0 aliphatic rings. The van der Waals surface area contributed by atoms with E-state index in [9.17, 15) is 4.70 Å². The smallest absolute Gasteiger partial charge is 0.269 e. The van der Waals surface area contributed by atoms with Crippen LogP contribution in [0, 0.1) is 5.41 Å². The van der Waals surface area contributed by atoms with Crippen molar-refractivity contribution in [3.8, 4) is 0 Å². The van der Waals surface area contributed by atoms with Crippen molar-refractivity contribution in [1.82, 2.24) is 0 Å². The largest absolute Gasteiger partial charge is 0.269 e. The predicted octanol–water partition coefficient (Wildman–Crippen LogP) is 1.96. The van der Waals surface area contributed by atoms with Gasteiger partial charge in [0.2, 0.25) is 0 Å². The van der Waals surface area contributed by atoms with Crippen LogP contribution in [0.4, 0.5) is 14.1 Å². The maximum atomic E-state index is 9.82. The first kappa shape index (κ1) is 22.6. The van der Waals surface area contributed by atoms with E-state index in [1.807, 2.05) is 20.8 Å². The monoisotopic (exact) mass is 158 g/mol. The SMILES string of the molecule is CC(C)(C)CB=O.F.F.F. The summed E-state index contributed by atoms with van der Waals surface area (Å²) in [5, 5.41) is 0. The number of halogens is 3. The van der Waals surface area contributed by atoms with E-state index in [2.05, 4.69) is 0 Å².